The van der Waals surface area contributed by atoms with Gasteiger partial charge in [0, 0.05) is 0 Å². The normalized spacial score (nSPS) is 32.1. The van der Waals surface area contributed by atoms with Crippen LogP contribution in [0.4, 0.5) is 4.39 Å². The summed E-state index contributed by atoms with van der Waals surface area (Å²) in [5.41, 5.74) is 1.61. The van der Waals surface area contributed by atoms with Crippen molar-refractivity contribution in [2.45, 2.75) is 57.3 Å². The van der Waals surface area contributed by atoms with Crippen LogP contribution in [0.1, 0.15) is 63.0 Å². The molecule has 20 heavy (non-hydrogen) atoms. The number of rotatable bonds is 2. The first kappa shape index (κ1) is 13.9. The Morgan fingerprint density at radius 2 is 1.80 bits per heavy atom. The van der Waals surface area contributed by atoms with Crippen LogP contribution >= 0.6 is 11.6 Å². The molecule has 0 aromatic heterocycles. The SMILES string of the molecule is CCC12CCC(c3cc(F)c(C#N)c(Cl)c3)(CC1)CC2. The molecule has 106 valence electrons. The summed E-state index contributed by atoms with van der Waals surface area (Å²) in [6.45, 7) is 2.29. The summed E-state index contributed by atoms with van der Waals surface area (Å²) in [4.78, 5) is 0. The quantitative estimate of drug-likeness (QED) is 0.720. The van der Waals surface area contributed by atoms with Gasteiger partial charge >= 0.3 is 0 Å². The van der Waals surface area contributed by atoms with Crippen LogP contribution in [-0.4, -0.2) is 0 Å². The third-order valence-electron chi connectivity index (χ3n) is 5.92. The maximum absolute atomic E-state index is 14.0. The maximum Gasteiger partial charge on any atom is 0.142 e. The molecule has 0 saturated heterocycles. The van der Waals surface area contributed by atoms with E-state index in [1.165, 1.54) is 25.7 Å². The van der Waals surface area contributed by atoms with Gasteiger partial charge in [0.25, 0.3) is 0 Å². The molecule has 1 aromatic rings. The predicted molar refractivity (Wildman–Crippen MR) is 78.2 cm³/mol. The summed E-state index contributed by atoms with van der Waals surface area (Å²) in [7, 11) is 0. The van der Waals surface area contributed by atoms with Crippen LogP contribution in [0.3, 0.4) is 0 Å². The highest BCUT2D eigenvalue weighted by Crippen LogP contribution is 2.59. The van der Waals surface area contributed by atoms with Gasteiger partial charge in [-0.15, -0.1) is 0 Å². The number of hydrogen-bond acceptors (Lipinski definition) is 1. The lowest BCUT2D eigenvalue weighted by atomic mass is 9.51. The third kappa shape index (κ3) is 1.95. The van der Waals surface area contributed by atoms with Crippen molar-refractivity contribution >= 4 is 11.6 Å². The van der Waals surface area contributed by atoms with E-state index in [0.717, 1.165) is 24.8 Å². The minimum atomic E-state index is -0.470. The van der Waals surface area contributed by atoms with Crippen molar-refractivity contribution in [2.24, 2.45) is 5.41 Å². The molecule has 3 fully saturated rings. The van der Waals surface area contributed by atoms with Gasteiger partial charge in [0.1, 0.15) is 17.4 Å². The molecule has 0 radical (unpaired) electrons. The maximum atomic E-state index is 14.0. The first-order valence-electron chi connectivity index (χ1n) is 7.44. The monoisotopic (exact) mass is 291 g/mol. The van der Waals surface area contributed by atoms with E-state index in [0.29, 0.717) is 5.41 Å². The molecule has 4 rings (SSSR count). The molecule has 0 N–H and O–H groups in total. The fourth-order valence-corrected chi connectivity index (χ4v) is 4.46. The largest absolute Gasteiger partial charge is 0.205 e. The van der Waals surface area contributed by atoms with Crippen molar-refractivity contribution in [1.82, 2.24) is 0 Å². The van der Waals surface area contributed by atoms with Crippen molar-refractivity contribution in [1.29, 1.82) is 5.26 Å². The van der Waals surface area contributed by atoms with Crippen molar-refractivity contribution < 1.29 is 4.39 Å². The number of nitrogens with zero attached hydrogens (tertiary/aromatic N) is 1. The number of halogens is 2. The summed E-state index contributed by atoms with van der Waals surface area (Å²) < 4.78 is 14.0. The topological polar surface area (TPSA) is 23.8 Å². The first-order valence-corrected chi connectivity index (χ1v) is 7.82. The minimum Gasteiger partial charge on any atom is -0.205 e. The van der Waals surface area contributed by atoms with Gasteiger partial charge in [0.05, 0.1) is 5.02 Å². The van der Waals surface area contributed by atoms with Crippen molar-refractivity contribution in [3.05, 3.63) is 34.1 Å². The number of hydrogen-bond donors (Lipinski definition) is 0. The molecular formula is C17H19ClFN. The van der Waals surface area contributed by atoms with Crippen LogP contribution in [-0.2, 0) is 5.41 Å². The number of fused-ring (bicyclic) bond motifs is 3. The van der Waals surface area contributed by atoms with Gasteiger partial charge in [0.2, 0.25) is 0 Å². The average molecular weight is 292 g/mol. The van der Waals surface area contributed by atoms with Gasteiger partial charge in [-0.1, -0.05) is 24.9 Å². The Hall–Kier alpha value is -1.07. The van der Waals surface area contributed by atoms with Crippen molar-refractivity contribution in [3.8, 4) is 6.07 Å². The number of nitriles is 1. The lowest BCUT2D eigenvalue weighted by Gasteiger charge is -2.54. The van der Waals surface area contributed by atoms with E-state index in [1.807, 2.05) is 12.1 Å². The molecule has 3 heteroatoms. The smallest absolute Gasteiger partial charge is 0.142 e. The zero-order chi connectivity index (χ0) is 14.4. The van der Waals surface area contributed by atoms with Crippen LogP contribution in [0.25, 0.3) is 0 Å². The van der Waals surface area contributed by atoms with E-state index in [2.05, 4.69) is 6.92 Å². The molecule has 3 aliphatic carbocycles. The van der Waals surface area contributed by atoms with E-state index in [4.69, 9.17) is 16.9 Å². The molecule has 0 heterocycles. The van der Waals surface area contributed by atoms with E-state index in [-0.39, 0.29) is 16.0 Å². The van der Waals surface area contributed by atoms with Crippen LogP contribution in [0.15, 0.2) is 12.1 Å². The van der Waals surface area contributed by atoms with E-state index < -0.39 is 5.82 Å². The fourth-order valence-electron chi connectivity index (χ4n) is 4.21. The average Bonchev–Trinajstić information content (AvgIpc) is 2.49. The molecule has 2 bridgehead atoms. The lowest BCUT2D eigenvalue weighted by Crippen LogP contribution is -2.43. The summed E-state index contributed by atoms with van der Waals surface area (Å²) in [5, 5.41) is 9.18. The Labute approximate surface area is 124 Å². The highest BCUT2D eigenvalue weighted by Gasteiger charge is 2.48. The molecule has 0 spiro atoms. The summed E-state index contributed by atoms with van der Waals surface area (Å²) in [6, 6.07) is 5.22. The van der Waals surface area contributed by atoms with Crippen LogP contribution in [0, 0.1) is 22.6 Å². The molecule has 1 aromatic carbocycles. The Kier molecular flexibility index (Phi) is 3.29. The standard InChI is InChI=1S/C17H19ClFN/c1-2-16-3-6-17(7-4-16,8-5-16)12-9-14(18)13(11-20)15(19)10-12/h9-10H,2-8H2,1H3. The Morgan fingerprint density at radius 1 is 1.20 bits per heavy atom. The van der Waals surface area contributed by atoms with Gasteiger partial charge in [0.15, 0.2) is 0 Å². The lowest BCUT2D eigenvalue weighted by molar-refractivity contribution is 0.0365. The minimum absolute atomic E-state index is 0.0265. The summed E-state index contributed by atoms with van der Waals surface area (Å²) in [6.07, 6.45) is 8.35. The molecule has 3 aliphatic rings. The van der Waals surface area contributed by atoms with Crippen LogP contribution in [0.5, 0.6) is 0 Å². The Morgan fingerprint density at radius 3 is 2.25 bits per heavy atom. The zero-order valence-electron chi connectivity index (χ0n) is 11.8. The molecule has 3 saturated carbocycles. The second-order valence-electron chi connectivity index (χ2n) is 6.56. The molecule has 0 aliphatic heterocycles. The second kappa shape index (κ2) is 4.74. The predicted octanol–water partition coefficient (Wildman–Crippen LogP) is 5.35. The van der Waals surface area contributed by atoms with Crippen LogP contribution < -0.4 is 0 Å². The van der Waals surface area contributed by atoms with E-state index >= 15 is 0 Å². The van der Waals surface area contributed by atoms with E-state index in [1.54, 1.807) is 6.07 Å². The van der Waals surface area contributed by atoms with Gasteiger partial charge in [-0.2, -0.15) is 5.26 Å². The Bertz CT molecular complexity index is 540. The number of benzene rings is 1. The highest BCUT2D eigenvalue weighted by molar-refractivity contribution is 6.31. The van der Waals surface area contributed by atoms with Crippen LogP contribution in [0.2, 0.25) is 5.02 Å². The third-order valence-corrected chi connectivity index (χ3v) is 6.22. The molecule has 0 unspecified atom stereocenters. The van der Waals surface area contributed by atoms with Crippen molar-refractivity contribution in [2.75, 3.05) is 0 Å². The summed E-state index contributed by atoms with van der Waals surface area (Å²) >= 11 is 6.08. The van der Waals surface area contributed by atoms with Gasteiger partial charge in [-0.3, -0.25) is 0 Å². The summed E-state index contributed by atoms with van der Waals surface area (Å²) in [5.74, 6) is -0.470. The fraction of sp³-hybridized carbons (Fsp3) is 0.588. The van der Waals surface area contributed by atoms with Gasteiger partial charge in [-0.05, 0) is 67.1 Å². The Balaban J connectivity index is 1.97. The van der Waals surface area contributed by atoms with E-state index in [9.17, 15) is 4.39 Å². The molecule has 0 atom stereocenters. The highest BCUT2D eigenvalue weighted by atomic mass is 35.5. The second-order valence-corrected chi connectivity index (χ2v) is 6.97. The molecular weight excluding hydrogens is 273 g/mol. The zero-order valence-corrected chi connectivity index (χ0v) is 12.6. The molecule has 0 amide bonds. The van der Waals surface area contributed by atoms with Gasteiger partial charge < -0.3 is 0 Å². The van der Waals surface area contributed by atoms with Crippen molar-refractivity contribution in [3.63, 3.8) is 0 Å². The van der Waals surface area contributed by atoms with Gasteiger partial charge in [-0.25, -0.2) is 4.39 Å². The first-order chi connectivity index (χ1) is 9.54. The molecule has 1 nitrogen and oxygen atoms in total.